The molecule has 0 unspecified atom stereocenters. The molecule has 1 aromatic rings. The summed E-state index contributed by atoms with van der Waals surface area (Å²) < 4.78 is 17.9. The third-order valence-electron chi connectivity index (χ3n) is 2.29. The van der Waals surface area contributed by atoms with Gasteiger partial charge in [-0.1, -0.05) is 0 Å². The van der Waals surface area contributed by atoms with Crippen molar-refractivity contribution in [2.75, 3.05) is 25.1 Å². The molecule has 1 aliphatic heterocycles. The molecule has 0 atom stereocenters. The van der Waals surface area contributed by atoms with Crippen molar-refractivity contribution < 1.29 is 13.9 Å². The van der Waals surface area contributed by atoms with Crippen LogP contribution in [0.15, 0.2) is 18.2 Å². The average molecular weight is 210 g/mol. The Kier molecular flexibility index (Phi) is 2.45. The highest BCUT2D eigenvalue weighted by Gasteiger charge is 2.23. The van der Waals surface area contributed by atoms with Gasteiger partial charge >= 0.3 is 6.03 Å². The average Bonchev–Trinajstić information content (AvgIpc) is 2.64. The summed E-state index contributed by atoms with van der Waals surface area (Å²) >= 11 is 0. The topological polar surface area (TPSA) is 41.6 Å². The number of methoxy groups -OCH3 is 1. The number of carbonyl (C=O) groups excluding carboxylic acids is 1. The molecule has 2 rings (SSSR count). The van der Waals surface area contributed by atoms with Crippen LogP contribution in [0.4, 0.5) is 14.9 Å². The fourth-order valence-electron chi connectivity index (χ4n) is 1.58. The number of carbonyl (C=O) groups is 1. The zero-order valence-corrected chi connectivity index (χ0v) is 8.29. The lowest BCUT2D eigenvalue weighted by atomic mass is 10.2. The predicted molar refractivity (Wildman–Crippen MR) is 53.7 cm³/mol. The minimum Gasteiger partial charge on any atom is -0.494 e. The maximum Gasteiger partial charge on any atom is 0.322 e. The van der Waals surface area contributed by atoms with Crippen LogP contribution in [0.3, 0.4) is 0 Å². The van der Waals surface area contributed by atoms with E-state index in [0.29, 0.717) is 24.5 Å². The van der Waals surface area contributed by atoms with E-state index in [4.69, 9.17) is 4.74 Å². The van der Waals surface area contributed by atoms with Crippen molar-refractivity contribution >= 4 is 11.7 Å². The summed E-state index contributed by atoms with van der Waals surface area (Å²) in [5.41, 5.74) is 0.592. The number of ether oxygens (including phenoxy) is 1. The molecule has 1 fully saturated rings. The van der Waals surface area contributed by atoms with Gasteiger partial charge in [0.25, 0.3) is 0 Å². The summed E-state index contributed by atoms with van der Waals surface area (Å²) in [5.74, 6) is -0.0118. The van der Waals surface area contributed by atoms with Crippen molar-refractivity contribution in [2.24, 2.45) is 0 Å². The van der Waals surface area contributed by atoms with Gasteiger partial charge in [-0.3, -0.25) is 4.90 Å². The van der Waals surface area contributed by atoms with Crippen LogP contribution in [0.5, 0.6) is 5.75 Å². The maximum absolute atomic E-state index is 12.9. The van der Waals surface area contributed by atoms with E-state index in [0.717, 1.165) is 0 Å². The fourth-order valence-corrected chi connectivity index (χ4v) is 1.58. The minimum absolute atomic E-state index is 0.181. The van der Waals surface area contributed by atoms with Gasteiger partial charge in [-0.2, -0.15) is 0 Å². The van der Waals surface area contributed by atoms with E-state index in [1.807, 2.05) is 0 Å². The first kappa shape index (κ1) is 9.76. The molecule has 1 saturated heterocycles. The molecule has 1 aromatic carbocycles. The largest absolute Gasteiger partial charge is 0.494 e. The van der Waals surface area contributed by atoms with Gasteiger partial charge in [0.2, 0.25) is 0 Å². The third kappa shape index (κ3) is 1.72. The molecule has 80 valence electrons. The Morgan fingerprint density at radius 2 is 2.33 bits per heavy atom. The van der Waals surface area contributed by atoms with E-state index in [-0.39, 0.29) is 11.8 Å². The number of nitrogens with zero attached hydrogens (tertiary/aromatic N) is 1. The van der Waals surface area contributed by atoms with E-state index in [2.05, 4.69) is 5.32 Å². The Labute approximate surface area is 86.6 Å². The number of halogens is 1. The molecule has 0 aromatic heterocycles. The van der Waals surface area contributed by atoms with Crippen LogP contribution in [-0.4, -0.2) is 26.2 Å². The second kappa shape index (κ2) is 3.76. The van der Waals surface area contributed by atoms with Gasteiger partial charge in [0, 0.05) is 19.2 Å². The molecular weight excluding hydrogens is 199 g/mol. The Morgan fingerprint density at radius 3 is 2.93 bits per heavy atom. The molecule has 1 aliphatic rings. The number of anilines is 1. The number of benzene rings is 1. The molecule has 1 N–H and O–H groups in total. The van der Waals surface area contributed by atoms with Gasteiger partial charge in [-0.15, -0.1) is 0 Å². The number of rotatable bonds is 2. The monoisotopic (exact) mass is 210 g/mol. The molecule has 0 aliphatic carbocycles. The molecule has 1 heterocycles. The molecular formula is C10H11FN2O2. The van der Waals surface area contributed by atoms with E-state index in [1.54, 1.807) is 6.07 Å². The molecule has 5 heteroatoms. The molecule has 0 radical (unpaired) electrons. The van der Waals surface area contributed by atoms with Crippen LogP contribution in [0.1, 0.15) is 0 Å². The van der Waals surface area contributed by atoms with E-state index in [9.17, 15) is 9.18 Å². The van der Waals surface area contributed by atoms with Crippen molar-refractivity contribution in [3.05, 3.63) is 24.0 Å². The van der Waals surface area contributed by atoms with Gasteiger partial charge in [-0.05, 0) is 12.1 Å². The molecule has 2 amide bonds. The molecule has 4 nitrogen and oxygen atoms in total. The Hall–Kier alpha value is -1.78. The maximum atomic E-state index is 12.9. The van der Waals surface area contributed by atoms with Crippen LogP contribution in [0.2, 0.25) is 0 Å². The van der Waals surface area contributed by atoms with E-state index in [1.165, 1.54) is 24.1 Å². The van der Waals surface area contributed by atoms with Crippen LogP contribution < -0.4 is 15.0 Å². The highest BCUT2D eigenvalue weighted by molar-refractivity contribution is 5.95. The highest BCUT2D eigenvalue weighted by Crippen LogP contribution is 2.29. The van der Waals surface area contributed by atoms with Crippen LogP contribution in [-0.2, 0) is 0 Å². The lowest BCUT2D eigenvalue weighted by molar-refractivity contribution is 0.252. The van der Waals surface area contributed by atoms with Crippen molar-refractivity contribution in [3.8, 4) is 5.75 Å². The second-order valence-corrected chi connectivity index (χ2v) is 3.20. The van der Waals surface area contributed by atoms with Crippen LogP contribution >= 0.6 is 0 Å². The lowest BCUT2D eigenvalue weighted by Crippen LogP contribution is -2.28. The molecule has 0 spiro atoms. The summed E-state index contributed by atoms with van der Waals surface area (Å²) in [6.45, 7) is 1.17. The van der Waals surface area contributed by atoms with E-state index < -0.39 is 0 Å². The first-order chi connectivity index (χ1) is 7.22. The summed E-state index contributed by atoms with van der Waals surface area (Å²) in [5, 5.41) is 2.67. The quantitative estimate of drug-likeness (QED) is 0.800. The molecule has 0 bridgehead atoms. The van der Waals surface area contributed by atoms with Gasteiger partial charge in [0.15, 0.2) is 0 Å². The first-order valence-corrected chi connectivity index (χ1v) is 4.61. The normalized spacial score (nSPS) is 15.3. The second-order valence-electron chi connectivity index (χ2n) is 3.20. The summed E-state index contributed by atoms with van der Waals surface area (Å²) in [7, 11) is 1.45. The van der Waals surface area contributed by atoms with Crippen LogP contribution in [0.25, 0.3) is 0 Å². The standard InChI is InChI=1S/C10H11FN2O2/c1-15-9-6-7(11)2-3-8(9)13-5-4-12-10(13)14/h2-3,6H,4-5H2,1H3,(H,12,14). The first-order valence-electron chi connectivity index (χ1n) is 4.61. The van der Waals surface area contributed by atoms with Crippen molar-refractivity contribution in [2.45, 2.75) is 0 Å². The van der Waals surface area contributed by atoms with Crippen molar-refractivity contribution in [1.82, 2.24) is 5.32 Å². The fraction of sp³-hybridized carbons (Fsp3) is 0.300. The van der Waals surface area contributed by atoms with Gasteiger partial charge in [0.05, 0.1) is 12.8 Å². The Balaban J connectivity index is 2.38. The summed E-state index contributed by atoms with van der Waals surface area (Å²) in [6, 6.07) is 3.93. The summed E-state index contributed by atoms with van der Waals surface area (Å²) in [6.07, 6.45) is 0. The minimum atomic E-state index is -0.379. The highest BCUT2D eigenvalue weighted by atomic mass is 19.1. The van der Waals surface area contributed by atoms with Crippen molar-refractivity contribution in [3.63, 3.8) is 0 Å². The predicted octanol–water partition coefficient (Wildman–Crippen LogP) is 1.36. The van der Waals surface area contributed by atoms with Gasteiger partial charge < -0.3 is 10.1 Å². The SMILES string of the molecule is COc1cc(F)ccc1N1CCNC1=O. The summed E-state index contributed by atoms with van der Waals surface area (Å²) in [4.78, 5) is 12.9. The van der Waals surface area contributed by atoms with Crippen LogP contribution in [0, 0.1) is 5.82 Å². The smallest absolute Gasteiger partial charge is 0.322 e. The number of hydrogen-bond acceptors (Lipinski definition) is 2. The Morgan fingerprint density at radius 1 is 1.53 bits per heavy atom. The zero-order valence-electron chi connectivity index (χ0n) is 8.29. The third-order valence-corrected chi connectivity index (χ3v) is 2.29. The number of urea groups is 1. The molecule has 0 saturated carbocycles. The Bertz CT molecular complexity index is 395. The van der Waals surface area contributed by atoms with Crippen molar-refractivity contribution in [1.29, 1.82) is 0 Å². The number of amides is 2. The van der Waals surface area contributed by atoms with Gasteiger partial charge in [-0.25, -0.2) is 9.18 Å². The molecule has 15 heavy (non-hydrogen) atoms. The van der Waals surface area contributed by atoms with E-state index >= 15 is 0 Å². The zero-order chi connectivity index (χ0) is 10.8. The van der Waals surface area contributed by atoms with Gasteiger partial charge in [0.1, 0.15) is 11.6 Å². The number of hydrogen-bond donors (Lipinski definition) is 1. The number of nitrogens with one attached hydrogen (secondary N) is 1. The lowest BCUT2D eigenvalue weighted by Gasteiger charge is -2.17.